The SMILES string of the molecule is C/C(=N/NC(=O)c1ccc2c(c1)OCO2)c1ccc(S(=O)(=O)NCc2ccco2)cc1. The molecule has 3 aromatic rings. The van der Waals surface area contributed by atoms with E-state index in [9.17, 15) is 13.2 Å². The summed E-state index contributed by atoms with van der Waals surface area (Å²) in [5.74, 6) is 1.20. The molecule has 0 fully saturated rings. The number of amides is 1. The molecule has 0 aliphatic carbocycles. The lowest BCUT2D eigenvalue weighted by Gasteiger charge is -2.07. The van der Waals surface area contributed by atoms with Crippen molar-refractivity contribution in [3.8, 4) is 11.5 Å². The molecule has 0 bridgehead atoms. The standard InChI is InChI=1S/C21H19N3O6S/c1-14(23-24-21(25)16-6-9-19-20(11-16)30-13-29-19)15-4-7-18(8-5-15)31(26,27)22-12-17-3-2-10-28-17/h2-11,22H,12-13H2,1H3,(H,24,25)/b23-14-. The van der Waals surface area contributed by atoms with E-state index < -0.39 is 15.9 Å². The first kappa shape index (κ1) is 20.6. The maximum Gasteiger partial charge on any atom is 0.271 e. The third kappa shape index (κ3) is 4.76. The molecule has 0 radical (unpaired) electrons. The number of nitrogens with zero attached hydrogens (tertiary/aromatic N) is 1. The molecule has 160 valence electrons. The highest BCUT2D eigenvalue weighted by Gasteiger charge is 2.17. The zero-order chi connectivity index (χ0) is 21.8. The second-order valence-electron chi connectivity index (χ2n) is 6.63. The Balaban J connectivity index is 1.39. The highest BCUT2D eigenvalue weighted by molar-refractivity contribution is 7.89. The molecule has 9 nitrogen and oxygen atoms in total. The third-order valence-electron chi connectivity index (χ3n) is 4.56. The van der Waals surface area contributed by atoms with Gasteiger partial charge in [0.15, 0.2) is 11.5 Å². The van der Waals surface area contributed by atoms with Gasteiger partial charge in [0.1, 0.15) is 5.76 Å². The van der Waals surface area contributed by atoms with Crippen molar-refractivity contribution in [2.45, 2.75) is 18.4 Å². The minimum absolute atomic E-state index is 0.0590. The summed E-state index contributed by atoms with van der Waals surface area (Å²) in [6, 6.07) is 14.4. The highest BCUT2D eigenvalue weighted by atomic mass is 32.2. The Morgan fingerprint density at radius 1 is 1.03 bits per heavy atom. The van der Waals surface area contributed by atoms with Crippen molar-refractivity contribution in [2.24, 2.45) is 5.10 Å². The zero-order valence-electron chi connectivity index (χ0n) is 16.5. The number of carbonyl (C=O) groups excluding carboxylic acids is 1. The van der Waals surface area contributed by atoms with Gasteiger partial charge in [0.25, 0.3) is 5.91 Å². The van der Waals surface area contributed by atoms with E-state index in [1.54, 1.807) is 49.4 Å². The van der Waals surface area contributed by atoms with Crippen LogP contribution in [0.1, 0.15) is 28.6 Å². The minimum Gasteiger partial charge on any atom is -0.468 e. The molecule has 1 amide bonds. The Hall–Kier alpha value is -3.63. The van der Waals surface area contributed by atoms with Crippen molar-refractivity contribution >= 4 is 21.6 Å². The summed E-state index contributed by atoms with van der Waals surface area (Å²) in [7, 11) is -3.69. The molecule has 4 rings (SSSR count). The van der Waals surface area contributed by atoms with Crippen molar-refractivity contribution in [1.29, 1.82) is 0 Å². The summed E-state index contributed by atoms with van der Waals surface area (Å²) >= 11 is 0. The smallest absolute Gasteiger partial charge is 0.271 e. The largest absolute Gasteiger partial charge is 0.468 e. The number of hydrazone groups is 1. The zero-order valence-corrected chi connectivity index (χ0v) is 17.3. The van der Waals surface area contributed by atoms with Crippen LogP contribution in [0.3, 0.4) is 0 Å². The average Bonchev–Trinajstić information content (AvgIpc) is 3.47. The Bertz CT molecular complexity index is 1220. The monoisotopic (exact) mass is 441 g/mol. The van der Waals surface area contributed by atoms with Crippen LogP contribution in [-0.4, -0.2) is 26.8 Å². The van der Waals surface area contributed by atoms with Crippen LogP contribution in [-0.2, 0) is 16.6 Å². The Labute approximate surface area is 178 Å². The Morgan fingerprint density at radius 3 is 2.52 bits per heavy atom. The fourth-order valence-electron chi connectivity index (χ4n) is 2.84. The van der Waals surface area contributed by atoms with E-state index in [1.165, 1.54) is 18.4 Å². The number of ether oxygens (including phenoxy) is 2. The van der Waals surface area contributed by atoms with Crippen molar-refractivity contribution in [1.82, 2.24) is 10.1 Å². The van der Waals surface area contributed by atoms with Crippen molar-refractivity contribution in [2.75, 3.05) is 6.79 Å². The second-order valence-corrected chi connectivity index (χ2v) is 8.40. The van der Waals surface area contributed by atoms with Crippen LogP contribution < -0.4 is 19.6 Å². The summed E-state index contributed by atoms with van der Waals surface area (Å²) in [5, 5.41) is 4.09. The van der Waals surface area contributed by atoms with Gasteiger partial charge in [0.05, 0.1) is 23.4 Å². The molecule has 0 saturated heterocycles. The number of nitrogens with one attached hydrogen (secondary N) is 2. The van der Waals surface area contributed by atoms with Gasteiger partial charge in [-0.25, -0.2) is 18.6 Å². The molecule has 2 heterocycles. The lowest BCUT2D eigenvalue weighted by atomic mass is 10.1. The molecule has 0 atom stereocenters. The number of hydrogen-bond donors (Lipinski definition) is 2. The lowest BCUT2D eigenvalue weighted by Crippen LogP contribution is -2.23. The first-order valence-electron chi connectivity index (χ1n) is 9.29. The summed E-state index contributed by atoms with van der Waals surface area (Å²) in [6.07, 6.45) is 1.48. The fourth-order valence-corrected chi connectivity index (χ4v) is 3.83. The molecule has 0 saturated carbocycles. The quantitative estimate of drug-likeness (QED) is 0.430. The summed E-state index contributed by atoms with van der Waals surface area (Å²) in [4.78, 5) is 12.4. The van der Waals surface area contributed by atoms with Gasteiger partial charge in [-0.05, 0) is 55.0 Å². The van der Waals surface area contributed by atoms with Gasteiger partial charge >= 0.3 is 0 Å². The van der Waals surface area contributed by atoms with E-state index in [0.29, 0.717) is 34.1 Å². The van der Waals surface area contributed by atoms with Crippen LogP contribution in [0.25, 0.3) is 0 Å². The number of carbonyl (C=O) groups is 1. The van der Waals surface area contributed by atoms with Crippen LogP contribution in [0.4, 0.5) is 0 Å². The average molecular weight is 441 g/mol. The second kappa shape index (κ2) is 8.62. The van der Waals surface area contributed by atoms with E-state index >= 15 is 0 Å². The van der Waals surface area contributed by atoms with Crippen LogP contribution in [0.5, 0.6) is 11.5 Å². The van der Waals surface area contributed by atoms with Gasteiger partial charge < -0.3 is 13.9 Å². The molecule has 0 unspecified atom stereocenters. The van der Waals surface area contributed by atoms with Gasteiger partial charge in [0.2, 0.25) is 16.8 Å². The van der Waals surface area contributed by atoms with Crippen molar-refractivity contribution in [3.05, 3.63) is 77.7 Å². The molecule has 31 heavy (non-hydrogen) atoms. The molecule has 0 spiro atoms. The van der Waals surface area contributed by atoms with E-state index in [4.69, 9.17) is 13.9 Å². The number of fused-ring (bicyclic) bond motifs is 1. The van der Waals surface area contributed by atoms with Gasteiger partial charge in [-0.15, -0.1) is 0 Å². The topological polar surface area (TPSA) is 119 Å². The van der Waals surface area contributed by atoms with E-state index in [-0.39, 0.29) is 18.2 Å². The predicted molar refractivity (Wildman–Crippen MR) is 111 cm³/mol. The highest BCUT2D eigenvalue weighted by Crippen LogP contribution is 2.32. The molecule has 1 aromatic heterocycles. The van der Waals surface area contributed by atoms with Gasteiger partial charge in [0, 0.05) is 5.56 Å². The summed E-state index contributed by atoms with van der Waals surface area (Å²) < 4.78 is 42.9. The number of benzene rings is 2. The number of furan rings is 1. The fraction of sp³-hybridized carbons (Fsp3) is 0.143. The summed E-state index contributed by atoms with van der Waals surface area (Å²) in [5.41, 5.74) is 4.04. The summed E-state index contributed by atoms with van der Waals surface area (Å²) in [6.45, 7) is 1.89. The minimum atomic E-state index is -3.69. The molecule has 2 N–H and O–H groups in total. The normalized spacial score (nSPS) is 13.3. The van der Waals surface area contributed by atoms with Crippen LogP contribution in [0, 0.1) is 0 Å². The van der Waals surface area contributed by atoms with Crippen molar-refractivity contribution in [3.63, 3.8) is 0 Å². The van der Waals surface area contributed by atoms with Gasteiger partial charge in [-0.3, -0.25) is 4.79 Å². The first-order valence-corrected chi connectivity index (χ1v) is 10.8. The maximum atomic E-state index is 12.4. The molecular weight excluding hydrogens is 422 g/mol. The molecule has 1 aliphatic rings. The van der Waals surface area contributed by atoms with Gasteiger partial charge in [-0.2, -0.15) is 5.10 Å². The Morgan fingerprint density at radius 2 is 1.77 bits per heavy atom. The van der Waals surface area contributed by atoms with Gasteiger partial charge in [-0.1, -0.05) is 12.1 Å². The lowest BCUT2D eigenvalue weighted by molar-refractivity contribution is 0.0954. The first-order chi connectivity index (χ1) is 14.9. The third-order valence-corrected chi connectivity index (χ3v) is 5.98. The number of hydrogen-bond acceptors (Lipinski definition) is 7. The Kier molecular flexibility index (Phi) is 5.74. The van der Waals surface area contributed by atoms with E-state index in [0.717, 1.165) is 0 Å². The van der Waals surface area contributed by atoms with Crippen LogP contribution in [0.15, 0.2) is 75.3 Å². The predicted octanol–water partition coefficient (Wildman–Crippen LogP) is 2.64. The molecule has 10 heteroatoms. The van der Waals surface area contributed by atoms with Crippen LogP contribution in [0.2, 0.25) is 0 Å². The van der Waals surface area contributed by atoms with Crippen LogP contribution >= 0.6 is 0 Å². The molecule has 1 aliphatic heterocycles. The maximum absolute atomic E-state index is 12.4. The molecular formula is C21H19N3O6S. The molecule has 2 aromatic carbocycles. The number of sulfonamides is 1. The van der Waals surface area contributed by atoms with E-state index in [1.807, 2.05) is 0 Å². The van der Waals surface area contributed by atoms with E-state index in [2.05, 4.69) is 15.2 Å². The number of rotatable bonds is 7. The van der Waals surface area contributed by atoms with Crippen molar-refractivity contribution < 1.29 is 27.1 Å².